The quantitative estimate of drug-likeness (QED) is 0.840. The number of aromatic nitrogens is 3. The van der Waals surface area contributed by atoms with Crippen LogP contribution in [0.4, 0.5) is 5.82 Å². The van der Waals surface area contributed by atoms with Crippen LogP contribution in [0.5, 0.6) is 0 Å². The fourth-order valence-electron chi connectivity index (χ4n) is 4.14. The molecule has 2 fully saturated rings. The third-order valence-corrected chi connectivity index (χ3v) is 5.01. The first kappa shape index (κ1) is 12.2. The van der Waals surface area contributed by atoms with Gasteiger partial charge in [-0.3, -0.25) is 0 Å². The Morgan fingerprint density at radius 1 is 1.15 bits per heavy atom. The van der Waals surface area contributed by atoms with Crippen molar-refractivity contribution in [2.24, 2.45) is 5.92 Å². The summed E-state index contributed by atoms with van der Waals surface area (Å²) in [6.45, 7) is 3.20. The van der Waals surface area contributed by atoms with Gasteiger partial charge in [0, 0.05) is 25.0 Å². The Hall–Kier alpha value is -1.58. The lowest BCUT2D eigenvalue weighted by atomic mass is 9.96. The van der Waals surface area contributed by atoms with Crippen molar-refractivity contribution < 1.29 is 0 Å². The van der Waals surface area contributed by atoms with Crippen molar-refractivity contribution >= 4 is 11.3 Å². The molecule has 3 heterocycles. The molecule has 1 saturated heterocycles. The van der Waals surface area contributed by atoms with Gasteiger partial charge in [-0.25, -0.2) is 9.50 Å². The predicted molar refractivity (Wildman–Crippen MR) is 80.1 cm³/mol. The van der Waals surface area contributed by atoms with Crippen molar-refractivity contribution in [3.63, 3.8) is 0 Å². The van der Waals surface area contributed by atoms with Crippen molar-refractivity contribution in [3.05, 3.63) is 24.2 Å². The van der Waals surface area contributed by atoms with Crippen LogP contribution < -0.4 is 4.90 Å². The Labute approximate surface area is 119 Å². The van der Waals surface area contributed by atoms with E-state index in [1.165, 1.54) is 38.5 Å². The van der Waals surface area contributed by atoms with Crippen LogP contribution in [-0.4, -0.2) is 27.2 Å². The Morgan fingerprint density at radius 3 is 2.85 bits per heavy atom. The van der Waals surface area contributed by atoms with E-state index in [0.29, 0.717) is 6.04 Å². The summed E-state index contributed by atoms with van der Waals surface area (Å²) in [5.74, 6) is 2.02. The minimum absolute atomic E-state index is 0.700. The molecule has 0 N–H and O–H groups in total. The molecule has 0 spiro atoms. The molecular weight excluding hydrogens is 248 g/mol. The Balaban J connectivity index is 1.73. The number of aryl methyl sites for hydroxylation is 1. The minimum atomic E-state index is 0.700. The average molecular weight is 270 g/mol. The van der Waals surface area contributed by atoms with Crippen molar-refractivity contribution in [2.45, 2.75) is 51.5 Å². The molecule has 4 rings (SSSR count). The Bertz CT molecular complexity index is 612. The molecule has 0 amide bonds. The zero-order chi connectivity index (χ0) is 13.5. The smallest absolute Gasteiger partial charge is 0.154 e. The number of hydrogen-bond acceptors (Lipinski definition) is 3. The molecule has 4 nitrogen and oxygen atoms in total. The molecular formula is C16H22N4. The summed E-state index contributed by atoms with van der Waals surface area (Å²) in [6.07, 6.45) is 12.1. The highest BCUT2D eigenvalue weighted by atomic mass is 15.3. The topological polar surface area (TPSA) is 33.4 Å². The van der Waals surface area contributed by atoms with Gasteiger partial charge < -0.3 is 4.90 Å². The molecule has 0 aromatic carbocycles. The lowest BCUT2D eigenvalue weighted by Crippen LogP contribution is -2.35. The van der Waals surface area contributed by atoms with Crippen LogP contribution in [0, 0.1) is 12.8 Å². The van der Waals surface area contributed by atoms with Gasteiger partial charge in [0.25, 0.3) is 0 Å². The van der Waals surface area contributed by atoms with Crippen LogP contribution in [0.2, 0.25) is 0 Å². The van der Waals surface area contributed by atoms with Crippen molar-refractivity contribution in [1.29, 1.82) is 0 Å². The van der Waals surface area contributed by atoms with Crippen LogP contribution in [0.1, 0.15) is 44.2 Å². The molecule has 2 aliphatic rings. The monoisotopic (exact) mass is 270 g/mol. The Morgan fingerprint density at radius 2 is 2.00 bits per heavy atom. The highest BCUT2D eigenvalue weighted by Crippen LogP contribution is 2.38. The molecule has 20 heavy (non-hydrogen) atoms. The molecule has 1 saturated carbocycles. The molecule has 1 aliphatic heterocycles. The zero-order valence-electron chi connectivity index (χ0n) is 12.1. The third kappa shape index (κ3) is 1.89. The third-order valence-electron chi connectivity index (χ3n) is 5.01. The van der Waals surface area contributed by atoms with Crippen LogP contribution in [0.3, 0.4) is 0 Å². The van der Waals surface area contributed by atoms with Gasteiger partial charge in [0.1, 0.15) is 5.52 Å². The van der Waals surface area contributed by atoms with E-state index in [4.69, 9.17) is 0 Å². The summed E-state index contributed by atoms with van der Waals surface area (Å²) in [5.41, 5.74) is 2.23. The van der Waals surface area contributed by atoms with E-state index in [2.05, 4.69) is 28.0 Å². The highest BCUT2D eigenvalue weighted by Gasteiger charge is 2.34. The summed E-state index contributed by atoms with van der Waals surface area (Å²) in [6, 6.07) is 2.86. The van der Waals surface area contributed by atoms with E-state index in [1.54, 1.807) is 0 Å². The summed E-state index contributed by atoms with van der Waals surface area (Å²) >= 11 is 0. The van der Waals surface area contributed by atoms with E-state index in [1.807, 2.05) is 16.9 Å². The standard InChI is InChI=1S/C16H22N4/c1-12-11-15-16(17-8-10-20(15)18-12)19-9-4-7-14(19)13-5-2-3-6-13/h8,10-11,13-14H,2-7,9H2,1H3. The summed E-state index contributed by atoms with van der Waals surface area (Å²) in [5, 5.41) is 4.52. The summed E-state index contributed by atoms with van der Waals surface area (Å²) in [4.78, 5) is 7.25. The van der Waals surface area contributed by atoms with E-state index in [-0.39, 0.29) is 0 Å². The largest absolute Gasteiger partial charge is 0.352 e. The lowest BCUT2D eigenvalue weighted by Gasteiger charge is -2.30. The Kier molecular flexibility index (Phi) is 2.90. The maximum atomic E-state index is 4.69. The van der Waals surface area contributed by atoms with Crippen LogP contribution in [0.15, 0.2) is 18.5 Å². The molecule has 0 radical (unpaired) electrons. The number of nitrogens with zero attached hydrogens (tertiary/aromatic N) is 4. The fourth-order valence-corrected chi connectivity index (χ4v) is 4.14. The maximum absolute atomic E-state index is 4.69. The van der Waals surface area contributed by atoms with E-state index in [0.717, 1.165) is 29.5 Å². The van der Waals surface area contributed by atoms with Gasteiger partial charge in [0.15, 0.2) is 5.82 Å². The summed E-state index contributed by atoms with van der Waals surface area (Å²) in [7, 11) is 0. The second-order valence-corrected chi connectivity index (χ2v) is 6.31. The second-order valence-electron chi connectivity index (χ2n) is 6.31. The van der Waals surface area contributed by atoms with Gasteiger partial charge in [-0.2, -0.15) is 5.10 Å². The number of rotatable bonds is 2. The fraction of sp³-hybridized carbons (Fsp3) is 0.625. The molecule has 0 bridgehead atoms. The molecule has 1 aliphatic carbocycles. The average Bonchev–Trinajstić information content (AvgIpc) is 3.16. The van der Waals surface area contributed by atoms with Gasteiger partial charge in [-0.1, -0.05) is 12.8 Å². The van der Waals surface area contributed by atoms with Gasteiger partial charge >= 0.3 is 0 Å². The summed E-state index contributed by atoms with van der Waals surface area (Å²) < 4.78 is 1.97. The normalized spacial score (nSPS) is 24.1. The first-order valence-corrected chi connectivity index (χ1v) is 7.90. The van der Waals surface area contributed by atoms with Gasteiger partial charge in [0.05, 0.1) is 5.69 Å². The number of fused-ring (bicyclic) bond motifs is 1. The van der Waals surface area contributed by atoms with Crippen LogP contribution in [-0.2, 0) is 0 Å². The van der Waals surface area contributed by atoms with Crippen LogP contribution in [0.25, 0.3) is 5.52 Å². The first-order valence-electron chi connectivity index (χ1n) is 7.90. The van der Waals surface area contributed by atoms with Gasteiger partial charge in [0.2, 0.25) is 0 Å². The highest BCUT2D eigenvalue weighted by molar-refractivity contribution is 5.69. The maximum Gasteiger partial charge on any atom is 0.154 e. The first-order chi connectivity index (χ1) is 9.83. The van der Waals surface area contributed by atoms with Crippen molar-refractivity contribution in [1.82, 2.24) is 14.6 Å². The van der Waals surface area contributed by atoms with Gasteiger partial charge in [-0.15, -0.1) is 0 Å². The van der Waals surface area contributed by atoms with Gasteiger partial charge in [-0.05, 0) is 44.6 Å². The molecule has 106 valence electrons. The molecule has 1 unspecified atom stereocenters. The zero-order valence-corrected chi connectivity index (χ0v) is 12.1. The van der Waals surface area contributed by atoms with Crippen LogP contribution >= 0.6 is 0 Å². The number of hydrogen-bond donors (Lipinski definition) is 0. The van der Waals surface area contributed by atoms with E-state index < -0.39 is 0 Å². The molecule has 2 aromatic rings. The van der Waals surface area contributed by atoms with Crippen molar-refractivity contribution in [3.8, 4) is 0 Å². The SMILES string of the molecule is Cc1cc2c(N3CCCC3C3CCCC3)nccn2n1. The second kappa shape index (κ2) is 4.76. The molecule has 4 heteroatoms. The molecule has 1 atom stereocenters. The molecule has 2 aromatic heterocycles. The number of anilines is 1. The van der Waals surface area contributed by atoms with E-state index in [9.17, 15) is 0 Å². The predicted octanol–water partition coefficient (Wildman–Crippen LogP) is 3.20. The van der Waals surface area contributed by atoms with Crippen molar-refractivity contribution in [2.75, 3.05) is 11.4 Å². The lowest BCUT2D eigenvalue weighted by molar-refractivity contribution is 0.429. The van der Waals surface area contributed by atoms with E-state index >= 15 is 0 Å². The minimum Gasteiger partial charge on any atom is -0.352 e.